The summed E-state index contributed by atoms with van der Waals surface area (Å²) < 4.78 is 15.0. The number of benzene rings is 1. The van der Waals surface area contributed by atoms with Crippen molar-refractivity contribution in [2.75, 3.05) is 5.32 Å². The summed E-state index contributed by atoms with van der Waals surface area (Å²) in [5.74, 6) is -0.767. The SMILES string of the molecule is Cc1ccc(C(=O)Nc2ccc(F)cc2Cn2ccsc2=O)cn1. The fourth-order valence-corrected chi connectivity index (χ4v) is 2.79. The third kappa shape index (κ3) is 3.57. The van der Waals surface area contributed by atoms with Crippen molar-refractivity contribution in [2.45, 2.75) is 13.5 Å². The zero-order valence-corrected chi connectivity index (χ0v) is 13.6. The average Bonchev–Trinajstić information content (AvgIpc) is 2.95. The highest BCUT2D eigenvalue weighted by molar-refractivity contribution is 7.07. The molecule has 2 aromatic heterocycles. The minimum absolute atomic E-state index is 0.140. The fourth-order valence-electron chi connectivity index (χ4n) is 2.20. The Morgan fingerprint density at radius 1 is 1.33 bits per heavy atom. The van der Waals surface area contributed by atoms with Gasteiger partial charge in [0.05, 0.1) is 12.1 Å². The molecule has 1 aromatic carbocycles. The largest absolute Gasteiger partial charge is 0.322 e. The summed E-state index contributed by atoms with van der Waals surface area (Å²) in [7, 11) is 0. The monoisotopic (exact) mass is 343 g/mol. The van der Waals surface area contributed by atoms with E-state index < -0.39 is 5.82 Å². The van der Waals surface area contributed by atoms with Crippen molar-refractivity contribution in [1.29, 1.82) is 0 Å². The van der Waals surface area contributed by atoms with Gasteiger partial charge in [0.1, 0.15) is 5.82 Å². The Morgan fingerprint density at radius 2 is 2.17 bits per heavy atom. The maximum atomic E-state index is 13.6. The molecule has 0 aliphatic heterocycles. The van der Waals surface area contributed by atoms with Crippen molar-refractivity contribution in [1.82, 2.24) is 9.55 Å². The number of nitrogens with zero attached hydrogens (tertiary/aromatic N) is 2. The Balaban J connectivity index is 1.87. The Morgan fingerprint density at radius 3 is 2.83 bits per heavy atom. The molecule has 0 saturated carbocycles. The first-order valence-corrected chi connectivity index (χ1v) is 8.07. The van der Waals surface area contributed by atoms with Crippen LogP contribution in [0, 0.1) is 12.7 Å². The average molecular weight is 343 g/mol. The van der Waals surface area contributed by atoms with Gasteiger partial charge in [-0.1, -0.05) is 11.3 Å². The lowest BCUT2D eigenvalue weighted by molar-refractivity contribution is 0.102. The Labute approximate surface area is 141 Å². The normalized spacial score (nSPS) is 10.6. The number of carbonyl (C=O) groups is 1. The molecular weight excluding hydrogens is 329 g/mol. The zero-order valence-electron chi connectivity index (χ0n) is 12.8. The van der Waals surface area contributed by atoms with Gasteiger partial charge >= 0.3 is 4.87 Å². The summed E-state index contributed by atoms with van der Waals surface area (Å²) >= 11 is 1.06. The van der Waals surface area contributed by atoms with E-state index in [2.05, 4.69) is 10.3 Å². The van der Waals surface area contributed by atoms with Gasteiger partial charge < -0.3 is 9.88 Å². The van der Waals surface area contributed by atoms with Crippen LogP contribution in [0.3, 0.4) is 0 Å². The summed E-state index contributed by atoms with van der Waals surface area (Å²) in [6.45, 7) is 2.01. The number of nitrogens with one attached hydrogen (secondary N) is 1. The van der Waals surface area contributed by atoms with Gasteiger partial charge in [-0.05, 0) is 42.8 Å². The van der Waals surface area contributed by atoms with Gasteiger partial charge in [0.25, 0.3) is 5.91 Å². The first-order chi connectivity index (χ1) is 11.5. The van der Waals surface area contributed by atoms with Gasteiger partial charge in [-0.3, -0.25) is 14.6 Å². The van der Waals surface area contributed by atoms with Crippen LogP contribution in [0.1, 0.15) is 21.6 Å². The maximum Gasteiger partial charge on any atom is 0.307 e. The molecule has 5 nitrogen and oxygen atoms in total. The quantitative estimate of drug-likeness (QED) is 0.792. The number of aromatic nitrogens is 2. The highest BCUT2D eigenvalue weighted by Crippen LogP contribution is 2.19. The molecule has 3 aromatic rings. The number of anilines is 1. The smallest absolute Gasteiger partial charge is 0.307 e. The molecule has 24 heavy (non-hydrogen) atoms. The van der Waals surface area contributed by atoms with Crippen molar-refractivity contribution in [3.05, 3.63) is 80.4 Å². The lowest BCUT2D eigenvalue weighted by atomic mass is 10.1. The number of hydrogen-bond donors (Lipinski definition) is 1. The summed E-state index contributed by atoms with van der Waals surface area (Å²) in [5.41, 5.74) is 2.19. The van der Waals surface area contributed by atoms with Crippen LogP contribution in [-0.2, 0) is 6.54 Å². The van der Waals surface area contributed by atoms with Crippen LogP contribution in [-0.4, -0.2) is 15.5 Å². The molecule has 0 radical (unpaired) electrons. The van der Waals surface area contributed by atoms with E-state index in [0.717, 1.165) is 17.0 Å². The van der Waals surface area contributed by atoms with Crippen LogP contribution < -0.4 is 10.2 Å². The minimum atomic E-state index is -0.428. The Kier molecular flexibility index (Phi) is 4.52. The molecule has 122 valence electrons. The number of hydrogen-bond acceptors (Lipinski definition) is 4. The molecule has 0 atom stereocenters. The highest BCUT2D eigenvalue weighted by atomic mass is 32.1. The van der Waals surface area contributed by atoms with Crippen LogP contribution in [0.5, 0.6) is 0 Å². The number of carbonyl (C=O) groups excluding carboxylic acids is 1. The molecule has 0 unspecified atom stereocenters. The molecule has 1 amide bonds. The molecule has 1 N–H and O–H groups in total. The molecule has 0 fully saturated rings. The Bertz CT molecular complexity index is 932. The first-order valence-electron chi connectivity index (χ1n) is 7.19. The van der Waals surface area contributed by atoms with Crippen molar-refractivity contribution >= 4 is 22.9 Å². The van der Waals surface area contributed by atoms with Crippen molar-refractivity contribution in [3.63, 3.8) is 0 Å². The third-order valence-electron chi connectivity index (χ3n) is 3.47. The summed E-state index contributed by atoms with van der Waals surface area (Å²) in [4.78, 5) is 28.0. The van der Waals surface area contributed by atoms with Gasteiger partial charge in [0.15, 0.2) is 0 Å². The predicted molar refractivity (Wildman–Crippen MR) is 91.0 cm³/mol. The molecule has 7 heteroatoms. The fraction of sp³-hybridized carbons (Fsp3) is 0.118. The topological polar surface area (TPSA) is 64.0 Å². The summed E-state index contributed by atoms with van der Waals surface area (Å²) in [6.07, 6.45) is 3.12. The minimum Gasteiger partial charge on any atom is -0.322 e. The van der Waals surface area contributed by atoms with E-state index >= 15 is 0 Å². The maximum absolute atomic E-state index is 13.6. The van der Waals surface area contributed by atoms with Gasteiger partial charge in [0, 0.05) is 29.2 Å². The molecule has 0 aliphatic rings. The lowest BCUT2D eigenvalue weighted by Gasteiger charge is -2.12. The number of amides is 1. The highest BCUT2D eigenvalue weighted by Gasteiger charge is 2.11. The standard InChI is InChI=1S/C17H14FN3O2S/c1-11-2-3-12(9-19-11)16(22)20-15-5-4-14(18)8-13(15)10-21-6-7-24-17(21)23/h2-9H,10H2,1H3,(H,20,22). The summed E-state index contributed by atoms with van der Waals surface area (Å²) in [6, 6.07) is 7.48. The molecule has 0 spiro atoms. The predicted octanol–water partition coefficient (Wildman–Crippen LogP) is 3.05. The van der Waals surface area contributed by atoms with Crippen molar-refractivity contribution < 1.29 is 9.18 Å². The van der Waals surface area contributed by atoms with Gasteiger partial charge in [0.2, 0.25) is 0 Å². The van der Waals surface area contributed by atoms with Crippen molar-refractivity contribution in [2.24, 2.45) is 0 Å². The van der Waals surface area contributed by atoms with E-state index in [1.54, 1.807) is 23.7 Å². The third-order valence-corrected chi connectivity index (χ3v) is 4.17. The van der Waals surface area contributed by atoms with E-state index in [4.69, 9.17) is 0 Å². The van der Waals surface area contributed by atoms with Crippen molar-refractivity contribution in [3.8, 4) is 0 Å². The van der Waals surface area contributed by atoms with Crippen LogP contribution in [0.2, 0.25) is 0 Å². The van der Waals surface area contributed by atoms with Gasteiger partial charge in [-0.15, -0.1) is 0 Å². The number of pyridine rings is 1. The van der Waals surface area contributed by atoms with Crippen LogP contribution in [0.15, 0.2) is 52.9 Å². The van der Waals surface area contributed by atoms with Gasteiger partial charge in [-0.2, -0.15) is 0 Å². The zero-order chi connectivity index (χ0) is 17.1. The van der Waals surface area contributed by atoms with E-state index in [1.807, 2.05) is 6.92 Å². The second-order valence-corrected chi connectivity index (χ2v) is 6.10. The van der Waals surface area contributed by atoms with E-state index in [0.29, 0.717) is 16.8 Å². The van der Waals surface area contributed by atoms with Crippen LogP contribution >= 0.6 is 11.3 Å². The Hall–Kier alpha value is -2.80. The number of rotatable bonds is 4. The van der Waals surface area contributed by atoms with E-state index in [-0.39, 0.29) is 17.3 Å². The number of aryl methyl sites for hydroxylation is 1. The van der Waals surface area contributed by atoms with Crippen LogP contribution in [0.4, 0.5) is 10.1 Å². The number of thiazole rings is 1. The van der Waals surface area contributed by atoms with E-state index in [9.17, 15) is 14.0 Å². The number of halogens is 1. The molecule has 3 rings (SSSR count). The van der Waals surface area contributed by atoms with Gasteiger partial charge in [-0.25, -0.2) is 4.39 Å². The lowest BCUT2D eigenvalue weighted by Crippen LogP contribution is -2.17. The summed E-state index contributed by atoms with van der Waals surface area (Å²) in [5, 5.41) is 4.41. The molecule has 0 aliphatic carbocycles. The molecule has 0 saturated heterocycles. The molecule has 0 bridgehead atoms. The van der Waals surface area contributed by atoms with Crippen LogP contribution in [0.25, 0.3) is 0 Å². The first kappa shape index (κ1) is 16.1. The molecule has 2 heterocycles. The second-order valence-electron chi connectivity index (χ2n) is 5.24. The molecular formula is C17H14FN3O2S. The van der Waals surface area contributed by atoms with E-state index in [1.165, 1.54) is 29.0 Å². The second kappa shape index (κ2) is 6.76.